The molecule has 0 N–H and O–H groups in total. The maximum Gasteiger partial charge on any atom is 0.188 e. The second-order valence-corrected chi connectivity index (χ2v) is 2.86. The lowest BCUT2D eigenvalue weighted by Gasteiger charge is -2.15. The monoisotopic (exact) mass is 173 g/mol. The van der Waals surface area contributed by atoms with Crippen LogP contribution in [0, 0.1) is 11.3 Å². The second kappa shape index (κ2) is 3.00. The first-order valence-electron chi connectivity index (χ1n) is 3.96. The number of ether oxygens (including phenoxy) is 1. The normalized spacial score (nSPS) is 14.8. The fourth-order valence-corrected chi connectivity index (χ4v) is 1.43. The maximum absolute atomic E-state index is 11.3. The fraction of sp³-hybridized carbons (Fsp3) is 0.200. The third-order valence-electron chi connectivity index (χ3n) is 2.08. The molecule has 0 radical (unpaired) electrons. The molecule has 0 amide bonds. The number of nitriles is 1. The first-order valence-corrected chi connectivity index (χ1v) is 3.96. The minimum atomic E-state index is -0.0432. The Morgan fingerprint density at radius 1 is 1.38 bits per heavy atom. The van der Waals surface area contributed by atoms with Crippen LogP contribution in [0.15, 0.2) is 18.2 Å². The summed E-state index contributed by atoms with van der Waals surface area (Å²) in [5.74, 6) is -0.0432. The molecule has 1 aromatic rings. The van der Waals surface area contributed by atoms with Crippen molar-refractivity contribution in [2.75, 3.05) is 6.61 Å². The number of carbonyl (C=O) groups excluding carboxylic acids is 1. The predicted molar refractivity (Wildman–Crippen MR) is 45.1 cm³/mol. The average Bonchev–Trinajstić information content (AvgIpc) is 2.18. The van der Waals surface area contributed by atoms with Crippen molar-refractivity contribution >= 4 is 5.78 Å². The molecule has 1 heterocycles. The highest BCUT2D eigenvalue weighted by atomic mass is 16.5. The number of benzene rings is 1. The van der Waals surface area contributed by atoms with Crippen molar-refractivity contribution in [1.29, 1.82) is 5.26 Å². The molecule has 3 heteroatoms. The zero-order valence-corrected chi connectivity index (χ0v) is 6.91. The Labute approximate surface area is 75.6 Å². The van der Waals surface area contributed by atoms with Gasteiger partial charge in [0.2, 0.25) is 0 Å². The molecule has 2 rings (SSSR count). The lowest BCUT2D eigenvalue weighted by Crippen LogP contribution is -2.18. The lowest BCUT2D eigenvalue weighted by atomic mass is 9.98. The molecule has 1 aliphatic heterocycles. The summed E-state index contributed by atoms with van der Waals surface area (Å²) in [5.41, 5.74) is 1.89. The van der Waals surface area contributed by atoms with Gasteiger partial charge in [-0.1, -0.05) is 12.1 Å². The predicted octanol–water partition coefficient (Wildman–Crippen LogP) is 1.27. The van der Waals surface area contributed by atoms with Crippen molar-refractivity contribution in [3.63, 3.8) is 0 Å². The molecular weight excluding hydrogens is 166 g/mol. The summed E-state index contributed by atoms with van der Waals surface area (Å²) >= 11 is 0. The van der Waals surface area contributed by atoms with E-state index in [1.807, 2.05) is 6.07 Å². The van der Waals surface area contributed by atoms with Crippen LogP contribution in [0.2, 0.25) is 0 Å². The van der Waals surface area contributed by atoms with Crippen LogP contribution in [0.4, 0.5) is 0 Å². The number of hydrogen-bond acceptors (Lipinski definition) is 3. The van der Waals surface area contributed by atoms with Crippen LogP contribution >= 0.6 is 0 Å². The second-order valence-electron chi connectivity index (χ2n) is 2.86. The SMILES string of the molecule is N#Cc1cccc2c1COCC2=O. The molecular formula is C10H7NO2. The van der Waals surface area contributed by atoms with E-state index in [0.29, 0.717) is 17.7 Å². The summed E-state index contributed by atoms with van der Waals surface area (Å²) < 4.78 is 5.05. The largest absolute Gasteiger partial charge is 0.369 e. The Morgan fingerprint density at radius 3 is 3.00 bits per heavy atom. The number of rotatable bonds is 0. The third kappa shape index (κ3) is 1.21. The van der Waals surface area contributed by atoms with E-state index in [4.69, 9.17) is 10.00 Å². The number of Topliss-reactive ketones (excluding diaryl/α,β-unsaturated/α-hetero) is 1. The van der Waals surface area contributed by atoms with Gasteiger partial charge in [-0.15, -0.1) is 0 Å². The van der Waals surface area contributed by atoms with Crippen molar-refractivity contribution in [2.24, 2.45) is 0 Å². The Balaban J connectivity index is 2.63. The van der Waals surface area contributed by atoms with Crippen LogP contribution in [-0.2, 0) is 11.3 Å². The minimum Gasteiger partial charge on any atom is -0.369 e. The molecule has 0 saturated carbocycles. The van der Waals surface area contributed by atoms with Crippen molar-refractivity contribution in [3.8, 4) is 6.07 Å². The lowest BCUT2D eigenvalue weighted by molar-refractivity contribution is 0.0665. The van der Waals surface area contributed by atoms with Crippen LogP contribution in [0.5, 0.6) is 0 Å². The molecule has 13 heavy (non-hydrogen) atoms. The third-order valence-corrected chi connectivity index (χ3v) is 2.08. The Kier molecular flexibility index (Phi) is 1.84. The minimum absolute atomic E-state index is 0.0432. The van der Waals surface area contributed by atoms with Crippen molar-refractivity contribution in [1.82, 2.24) is 0 Å². The molecule has 1 aliphatic rings. The number of carbonyl (C=O) groups is 1. The Morgan fingerprint density at radius 2 is 2.23 bits per heavy atom. The van der Waals surface area contributed by atoms with Gasteiger partial charge in [-0.3, -0.25) is 4.79 Å². The molecule has 1 aromatic carbocycles. The van der Waals surface area contributed by atoms with Crippen molar-refractivity contribution in [3.05, 3.63) is 34.9 Å². The molecule has 0 saturated heterocycles. The van der Waals surface area contributed by atoms with E-state index in [1.165, 1.54) is 0 Å². The first kappa shape index (κ1) is 7.96. The number of hydrogen-bond donors (Lipinski definition) is 0. The van der Waals surface area contributed by atoms with E-state index in [2.05, 4.69) is 0 Å². The standard InChI is InChI=1S/C10H7NO2/c11-4-7-2-1-3-8-9(7)5-13-6-10(8)12/h1-3H,5-6H2. The van der Waals surface area contributed by atoms with E-state index in [-0.39, 0.29) is 12.4 Å². The van der Waals surface area contributed by atoms with E-state index in [0.717, 1.165) is 5.56 Å². The van der Waals surface area contributed by atoms with Crippen molar-refractivity contribution < 1.29 is 9.53 Å². The van der Waals surface area contributed by atoms with Crippen LogP contribution < -0.4 is 0 Å². The summed E-state index contributed by atoms with van der Waals surface area (Å²) in [6.07, 6.45) is 0. The van der Waals surface area contributed by atoms with E-state index >= 15 is 0 Å². The number of fused-ring (bicyclic) bond motifs is 1. The topological polar surface area (TPSA) is 50.1 Å². The van der Waals surface area contributed by atoms with E-state index in [1.54, 1.807) is 18.2 Å². The zero-order valence-electron chi connectivity index (χ0n) is 6.91. The molecule has 0 aliphatic carbocycles. The molecule has 0 aromatic heterocycles. The van der Waals surface area contributed by atoms with Gasteiger partial charge in [0, 0.05) is 11.1 Å². The maximum atomic E-state index is 11.3. The molecule has 0 bridgehead atoms. The quantitative estimate of drug-likeness (QED) is 0.593. The molecule has 0 atom stereocenters. The molecule has 0 unspecified atom stereocenters. The van der Waals surface area contributed by atoms with Crippen LogP contribution in [0.3, 0.4) is 0 Å². The van der Waals surface area contributed by atoms with Gasteiger partial charge in [-0.2, -0.15) is 5.26 Å². The summed E-state index contributed by atoms with van der Waals surface area (Å²) in [6.45, 7) is 0.493. The summed E-state index contributed by atoms with van der Waals surface area (Å²) in [5, 5.41) is 8.76. The highest BCUT2D eigenvalue weighted by Gasteiger charge is 2.19. The molecule has 0 fully saturated rings. The van der Waals surface area contributed by atoms with Gasteiger partial charge in [0.15, 0.2) is 5.78 Å². The molecule has 64 valence electrons. The smallest absolute Gasteiger partial charge is 0.188 e. The number of ketones is 1. The van der Waals surface area contributed by atoms with Gasteiger partial charge in [0.1, 0.15) is 6.61 Å². The van der Waals surface area contributed by atoms with Gasteiger partial charge in [-0.05, 0) is 6.07 Å². The van der Waals surface area contributed by atoms with Gasteiger partial charge in [0.05, 0.1) is 18.2 Å². The van der Waals surface area contributed by atoms with E-state index < -0.39 is 0 Å². The number of nitrogens with zero attached hydrogens (tertiary/aromatic N) is 1. The molecule has 3 nitrogen and oxygen atoms in total. The fourth-order valence-electron chi connectivity index (χ4n) is 1.43. The van der Waals surface area contributed by atoms with Crippen LogP contribution in [0.1, 0.15) is 21.5 Å². The van der Waals surface area contributed by atoms with Gasteiger partial charge in [0.25, 0.3) is 0 Å². The Hall–Kier alpha value is -1.66. The summed E-state index contributed by atoms with van der Waals surface area (Å²) in [7, 11) is 0. The first-order chi connectivity index (χ1) is 6.33. The zero-order chi connectivity index (χ0) is 9.26. The molecule has 0 spiro atoms. The van der Waals surface area contributed by atoms with Crippen LogP contribution in [-0.4, -0.2) is 12.4 Å². The Bertz CT molecular complexity index is 404. The van der Waals surface area contributed by atoms with Gasteiger partial charge >= 0.3 is 0 Å². The van der Waals surface area contributed by atoms with E-state index in [9.17, 15) is 4.79 Å². The van der Waals surface area contributed by atoms with Crippen molar-refractivity contribution in [2.45, 2.75) is 6.61 Å². The highest BCUT2D eigenvalue weighted by Crippen LogP contribution is 2.19. The summed E-state index contributed by atoms with van der Waals surface area (Å²) in [4.78, 5) is 11.3. The van der Waals surface area contributed by atoms with Gasteiger partial charge in [-0.25, -0.2) is 0 Å². The van der Waals surface area contributed by atoms with Gasteiger partial charge < -0.3 is 4.74 Å². The average molecular weight is 173 g/mol. The highest BCUT2D eigenvalue weighted by molar-refractivity contribution is 5.99. The van der Waals surface area contributed by atoms with Crippen LogP contribution in [0.25, 0.3) is 0 Å². The summed E-state index contributed by atoms with van der Waals surface area (Å²) in [6, 6.07) is 7.20.